The second kappa shape index (κ2) is 6.22. The summed E-state index contributed by atoms with van der Waals surface area (Å²) >= 11 is 0. The largest absolute Gasteiger partial charge is 0.382 e. The molecule has 2 heterocycles. The van der Waals surface area contributed by atoms with Gasteiger partial charge < -0.3 is 14.9 Å². The highest BCUT2D eigenvalue weighted by molar-refractivity contribution is 6.04. The molecule has 0 unspecified atom stereocenters. The van der Waals surface area contributed by atoms with Gasteiger partial charge in [-0.25, -0.2) is 4.39 Å². The number of ether oxygens (including phenoxy) is 1. The van der Waals surface area contributed by atoms with E-state index >= 15 is 0 Å². The van der Waals surface area contributed by atoms with Gasteiger partial charge in [0.1, 0.15) is 5.82 Å². The fourth-order valence-electron chi connectivity index (χ4n) is 2.49. The van der Waals surface area contributed by atoms with Crippen molar-refractivity contribution in [3.8, 4) is 0 Å². The molecule has 2 aliphatic rings. The van der Waals surface area contributed by atoms with E-state index in [0.29, 0.717) is 24.2 Å². The first-order valence-electron chi connectivity index (χ1n) is 7.10. The average Bonchev–Trinajstić information content (AvgIpc) is 3.16. The van der Waals surface area contributed by atoms with Crippen LogP contribution in [-0.2, 0) is 14.4 Å². The molecule has 21 heavy (non-hydrogen) atoms. The van der Waals surface area contributed by atoms with Crippen molar-refractivity contribution in [2.75, 3.05) is 13.2 Å². The molecule has 1 aromatic carbocycles. The Morgan fingerprint density at radius 2 is 2.38 bits per heavy atom. The molecule has 6 heteroatoms. The molecule has 0 aliphatic carbocycles. The van der Waals surface area contributed by atoms with Gasteiger partial charge in [-0.1, -0.05) is 17.3 Å². The molecule has 112 valence electrons. The van der Waals surface area contributed by atoms with Crippen molar-refractivity contribution in [3.05, 3.63) is 35.6 Å². The molecule has 1 saturated heterocycles. The summed E-state index contributed by atoms with van der Waals surface area (Å²) in [6.45, 7) is 1.25. The number of nitrogens with zero attached hydrogens (tertiary/aromatic N) is 1. The number of hydrogen-bond donors (Lipinski definition) is 1. The first-order chi connectivity index (χ1) is 10.2. The first-order valence-corrected chi connectivity index (χ1v) is 7.10. The van der Waals surface area contributed by atoms with Crippen LogP contribution in [0.4, 0.5) is 4.39 Å². The Bertz CT molecular complexity index is 556. The summed E-state index contributed by atoms with van der Waals surface area (Å²) < 4.78 is 18.6. The third kappa shape index (κ3) is 3.39. The number of nitrogens with one attached hydrogen (secondary N) is 1. The molecule has 0 saturated carbocycles. The van der Waals surface area contributed by atoms with Crippen molar-refractivity contribution >= 4 is 11.6 Å². The highest BCUT2D eigenvalue weighted by Crippen LogP contribution is 2.18. The molecule has 2 aliphatic heterocycles. The molecule has 5 nitrogen and oxygen atoms in total. The minimum atomic E-state index is -0.648. The number of benzene rings is 1. The number of carbonyl (C=O) groups excluding carboxylic acids is 1. The molecule has 0 aromatic heterocycles. The van der Waals surface area contributed by atoms with E-state index in [-0.39, 0.29) is 17.8 Å². The van der Waals surface area contributed by atoms with Crippen molar-refractivity contribution in [2.24, 2.45) is 5.16 Å². The van der Waals surface area contributed by atoms with Crippen LogP contribution < -0.4 is 5.32 Å². The molecule has 1 N–H and O–H groups in total. The maximum Gasteiger partial charge on any atom is 0.264 e. The van der Waals surface area contributed by atoms with Crippen LogP contribution in [0.5, 0.6) is 0 Å². The zero-order valence-electron chi connectivity index (χ0n) is 11.5. The van der Waals surface area contributed by atoms with Crippen LogP contribution in [0.25, 0.3) is 0 Å². The summed E-state index contributed by atoms with van der Waals surface area (Å²) in [5.41, 5.74) is 1.23. The minimum Gasteiger partial charge on any atom is -0.382 e. The molecule has 3 rings (SSSR count). The second-order valence-corrected chi connectivity index (χ2v) is 5.23. The van der Waals surface area contributed by atoms with E-state index < -0.39 is 6.10 Å². The van der Waals surface area contributed by atoms with Crippen LogP contribution >= 0.6 is 0 Å². The smallest absolute Gasteiger partial charge is 0.264 e. The Morgan fingerprint density at radius 1 is 1.48 bits per heavy atom. The van der Waals surface area contributed by atoms with Gasteiger partial charge >= 0.3 is 0 Å². The van der Waals surface area contributed by atoms with Gasteiger partial charge in [-0.3, -0.25) is 4.79 Å². The molecule has 0 radical (unpaired) electrons. The minimum absolute atomic E-state index is 0.0963. The SMILES string of the molecule is O=C(NC[C@H]1CCCO1)[C@@H]1CC(c2cccc(F)c2)=NO1. The number of oxime groups is 1. The monoisotopic (exact) mass is 292 g/mol. The van der Waals surface area contributed by atoms with E-state index in [0.717, 1.165) is 19.4 Å². The molecule has 0 spiro atoms. The van der Waals surface area contributed by atoms with Crippen molar-refractivity contribution in [1.82, 2.24) is 5.32 Å². The van der Waals surface area contributed by atoms with Crippen LogP contribution in [0.3, 0.4) is 0 Å². The van der Waals surface area contributed by atoms with Gasteiger partial charge in [-0.2, -0.15) is 0 Å². The van der Waals surface area contributed by atoms with Crippen LogP contribution in [0.2, 0.25) is 0 Å². The molecule has 1 fully saturated rings. The first kappa shape index (κ1) is 14.0. The Labute approximate surface area is 122 Å². The van der Waals surface area contributed by atoms with E-state index in [1.165, 1.54) is 12.1 Å². The third-order valence-corrected chi connectivity index (χ3v) is 3.65. The van der Waals surface area contributed by atoms with Crippen molar-refractivity contribution < 1.29 is 18.8 Å². The number of rotatable bonds is 4. The standard InChI is InChI=1S/C15H17FN2O3/c16-11-4-1-3-10(7-11)13-8-14(21-18-13)15(19)17-9-12-5-2-6-20-12/h1,3-4,7,12,14H,2,5-6,8-9H2,(H,17,19)/t12-,14+/m1/s1. The van der Waals surface area contributed by atoms with Crippen molar-refractivity contribution in [3.63, 3.8) is 0 Å². The maximum absolute atomic E-state index is 13.2. The lowest BCUT2D eigenvalue weighted by atomic mass is 10.0. The van der Waals surface area contributed by atoms with Crippen molar-refractivity contribution in [1.29, 1.82) is 0 Å². The lowest BCUT2D eigenvalue weighted by Gasteiger charge is -2.13. The normalized spacial score (nSPS) is 24.5. The number of halogens is 1. The number of carbonyl (C=O) groups is 1. The van der Waals surface area contributed by atoms with E-state index in [1.807, 2.05) is 0 Å². The predicted molar refractivity (Wildman–Crippen MR) is 74.4 cm³/mol. The fraction of sp³-hybridized carbons (Fsp3) is 0.467. The summed E-state index contributed by atoms with van der Waals surface area (Å²) in [7, 11) is 0. The summed E-state index contributed by atoms with van der Waals surface area (Å²) in [5.74, 6) is -0.540. The molecule has 0 bridgehead atoms. The fourth-order valence-corrected chi connectivity index (χ4v) is 2.49. The molecule has 2 atom stereocenters. The van der Waals surface area contributed by atoms with Gasteiger partial charge in [-0.05, 0) is 25.0 Å². The van der Waals surface area contributed by atoms with E-state index in [1.54, 1.807) is 12.1 Å². The Hall–Kier alpha value is -1.95. The Morgan fingerprint density at radius 3 is 3.14 bits per heavy atom. The lowest BCUT2D eigenvalue weighted by molar-refractivity contribution is -0.131. The Balaban J connectivity index is 1.52. The van der Waals surface area contributed by atoms with Gasteiger partial charge in [0.25, 0.3) is 5.91 Å². The highest BCUT2D eigenvalue weighted by atomic mass is 19.1. The quantitative estimate of drug-likeness (QED) is 0.917. The highest BCUT2D eigenvalue weighted by Gasteiger charge is 2.29. The molecule has 1 aromatic rings. The summed E-state index contributed by atoms with van der Waals surface area (Å²) in [6, 6.07) is 6.11. The van der Waals surface area contributed by atoms with E-state index in [9.17, 15) is 9.18 Å². The zero-order valence-corrected chi connectivity index (χ0v) is 11.5. The Kier molecular flexibility index (Phi) is 4.15. The van der Waals surface area contributed by atoms with Crippen LogP contribution in [0.15, 0.2) is 29.4 Å². The molecule has 1 amide bonds. The average molecular weight is 292 g/mol. The zero-order chi connectivity index (χ0) is 14.7. The van der Waals surface area contributed by atoms with E-state index in [4.69, 9.17) is 9.57 Å². The van der Waals surface area contributed by atoms with Crippen molar-refractivity contribution in [2.45, 2.75) is 31.5 Å². The summed E-state index contributed by atoms with van der Waals surface area (Å²) in [4.78, 5) is 17.2. The van der Waals surface area contributed by atoms with E-state index in [2.05, 4.69) is 10.5 Å². The maximum atomic E-state index is 13.2. The summed E-state index contributed by atoms with van der Waals surface area (Å²) in [6.07, 6.45) is 1.80. The van der Waals surface area contributed by atoms with Gasteiger partial charge in [0.05, 0.1) is 11.8 Å². The topological polar surface area (TPSA) is 59.9 Å². The number of amides is 1. The van der Waals surface area contributed by atoms with Gasteiger partial charge in [0, 0.05) is 25.1 Å². The van der Waals surface area contributed by atoms with Gasteiger partial charge in [0.15, 0.2) is 0 Å². The molecular weight excluding hydrogens is 275 g/mol. The van der Waals surface area contributed by atoms with Gasteiger partial charge in [-0.15, -0.1) is 0 Å². The third-order valence-electron chi connectivity index (χ3n) is 3.65. The van der Waals surface area contributed by atoms with Crippen LogP contribution in [-0.4, -0.2) is 37.0 Å². The number of hydrogen-bond acceptors (Lipinski definition) is 4. The predicted octanol–water partition coefficient (Wildman–Crippen LogP) is 1.61. The molecular formula is C15H17FN2O3. The van der Waals surface area contributed by atoms with Crippen LogP contribution in [0.1, 0.15) is 24.8 Å². The summed E-state index contributed by atoms with van der Waals surface area (Å²) in [5, 5.41) is 6.70. The van der Waals surface area contributed by atoms with Gasteiger partial charge in [0.2, 0.25) is 6.10 Å². The van der Waals surface area contributed by atoms with Crippen LogP contribution in [0, 0.1) is 5.82 Å². The second-order valence-electron chi connectivity index (χ2n) is 5.23. The lowest BCUT2D eigenvalue weighted by Crippen LogP contribution is -2.39.